The zero-order valence-corrected chi connectivity index (χ0v) is 14.5. The molecule has 0 radical (unpaired) electrons. The second kappa shape index (κ2) is 8.96. The van der Waals surface area contributed by atoms with Gasteiger partial charge in [0.2, 0.25) is 0 Å². The standard InChI is InChI=1S/C20H25NO3/c1-4-17-10-6-7-12-19(17)24-15(3)20(22)21-14-16-9-8-11-18(13-16)23-5-2/h6-13,15H,4-5,14H2,1-3H3,(H,21,22). The smallest absolute Gasteiger partial charge is 0.261 e. The van der Waals surface area contributed by atoms with Crippen LogP contribution >= 0.6 is 0 Å². The van der Waals surface area contributed by atoms with Crippen molar-refractivity contribution in [1.82, 2.24) is 5.32 Å². The highest BCUT2D eigenvalue weighted by molar-refractivity contribution is 5.80. The van der Waals surface area contributed by atoms with Crippen molar-refractivity contribution in [3.8, 4) is 11.5 Å². The Labute approximate surface area is 143 Å². The van der Waals surface area contributed by atoms with Gasteiger partial charge in [0.05, 0.1) is 6.61 Å². The summed E-state index contributed by atoms with van der Waals surface area (Å²) in [6.45, 7) is 6.85. The average molecular weight is 327 g/mol. The fourth-order valence-corrected chi connectivity index (χ4v) is 2.40. The van der Waals surface area contributed by atoms with Gasteiger partial charge in [0, 0.05) is 6.54 Å². The number of para-hydroxylation sites is 1. The van der Waals surface area contributed by atoms with Gasteiger partial charge >= 0.3 is 0 Å². The molecule has 24 heavy (non-hydrogen) atoms. The van der Waals surface area contributed by atoms with E-state index in [1.807, 2.05) is 55.5 Å². The fraction of sp³-hybridized carbons (Fsp3) is 0.350. The molecule has 0 saturated carbocycles. The van der Waals surface area contributed by atoms with Gasteiger partial charge in [-0.1, -0.05) is 37.3 Å². The quantitative estimate of drug-likeness (QED) is 0.803. The molecule has 2 rings (SSSR count). The molecule has 1 amide bonds. The molecule has 1 unspecified atom stereocenters. The van der Waals surface area contributed by atoms with Crippen molar-refractivity contribution < 1.29 is 14.3 Å². The second-order valence-electron chi connectivity index (χ2n) is 5.52. The highest BCUT2D eigenvalue weighted by atomic mass is 16.5. The van der Waals surface area contributed by atoms with Crippen LogP contribution in [0.4, 0.5) is 0 Å². The van der Waals surface area contributed by atoms with Gasteiger partial charge in [-0.25, -0.2) is 0 Å². The van der Waals surface area contributed by atoms with Crippen LogP contribution in [0.2, 0.25) is 0 Å². The molecule has 4 heteroatoms. The molecular formula is C20H25NO3. The molecule has 2 aromatic rings. The van der Waals surface area contributed by atoms with Crippen LogP contribution in [0.15, 0.2) is 48.5 Å². The van der Waals surface area contributed by atoms with Crippen molar-refractivity contribution in [3.05, 3.63) is 59.7 Å². The predicted octanol–water partition coefficient (Wildman–Crippen LogP) is 3.73. The minimum Gasteiger partial charge on any atom is -0.494 e. The maximum atomic E-state index is 12.3. The zero-order chi connectivity index (χ0) is 17.4. The highest BCUT2D eigenvalue weighted by Crippen LogP contribution is 2.20. The van der Waals surface area contributed by atoms with E-state index in [1.54, 1.807) is 6.92 Å². The van der Waals surface area contributed by atoms with E-state index in [9.17, 15) is 4.79 Å². The summed E-state index contributed by atoms with van der Waals surface area (Å²) in [6, 6.07) is 15.5. The summed E-state index contributed by atoms with van der Waals surface area (Å²) in [7, 11) is 0. The van der Waals surface area contributed by atoms with Crippen LogP contribution in [-0.2, 0) is 17.8 Å². The molecule has 0 bridgehead atoms. The van der Waals surface area contributed by atoms with E-state index < -0.39 is 6.10 Å². The van der Waals surface area contributed by atoms with Gasteiger partial charge in [0.1, 0.15) is 11.5 Å². The second-order valence-corrected chi connectivity index (χ2v) is 5.52. The third-order valence-electron chi connectivity index (χ3n) is 3.70. The Bertz CT molecular complexity index is 669. The first-order valence-electron chi connectivity index (χ1n) is 8.38. The molecule has 0 aliphatic rings. The van der Waals surface area contributed by atoms with Gasteiger partial charge in [-0.05, 0) is 49.6 Å². The van der Waals surface area contributed by atoms with E-state index in [-0.39, 0.29) is 5.91 Å². The Balaban J connectivity index is 1.91. The highest BCUT2D eigenvalue weighted by Gasteiger charge is 2.15. The Morgan fingerprint density at radius 2 is 1.92 bits per heavy atom. The molecule has 128 valence electrons. The predicted molar refractivity (Wildman–Crippen MR) is 95.4 cm³/mol. The van der Waals surface area contributed by atoms with Crippen LogP contribution in [0.5, 0.6) is 11.5 Å². The lowest BCUT2D eigenvalue weighted by molar-refractivity contribution is -0.127. The first-order chi connectivity index (χ1) is 11.6. The Hall–Kier alpha value is -2.49. The average Bonchev–Trinajstić information content (AvgIpc) is 2.60. The van der Waals surface area contributed by atoms with Gasteiger partial charge < -0.3 is 14.8 Å². The van der Waals surface area contributed by atoms with Gasteiger partial charge in [-0.15, -0.1) is 0 Å². The van der Waals surface area contributed by atoms with Crippen molar-refractivity contribution in [3.63, 3.8) is 0 Å². The van der Waals surface area contributed by atoms with Crippen molar-refractivity contribution in [2.45, 2.75) is 39.8 Å². The molecule has 1 atom stereocenters. The van der Waals surface area contributed by atoms with Gasteiger partial charge in [0.15, 0.2) is 6.10 Å². The van der Waals surface area contributed by atoms with Crippen LogP contribution < -0.4 is 14.8 Å². The van der Waals surface area contributed by atoms with E-state index in [4.69, 9.17) is 9.47 Å². The van der Waals surface area contributed by atoms with Crippen LogP contribution in [0.3, 0.4) is 0 Å². The topological polar surface area (TPSA) is 47.6 Å². The number of hydrogen-bond acceptors (Lipinski definition) is 3. The van der Waals surface area contributed by atoms with E-state index in [0.717, 1.165) is 29.0 Å². The number of hydrogen-bond donors (Lipinski definition) is 1. The molecule has 0 fully saturated rings. The minimum absolute atomic E-state index is 0.136. The zero-order valence-electron chi connectivity index (χ0n) is 14.5. The van der Waals surface area contributed by atoms with Crippen LogP contribution in [-0.4, -0.2) is 18.6 Å². The lowest BCUT2D eigenvalue weighted by Gasteiger charge is -2.17. The van der Waals surface area contributed by atoms with Crippen LogP contribution in [0.1, 0.15) is 31.9 Å². The third kappa shape index (κ3) is 5.01. The van der Waals surface area contributed by atoms with Crippen molar-refractivity contribution in [2.75, 3.05) is 6.61 Å². The molecule has 0 saturated heterocycles. The Morgan fingerprint density at radius 1 is 1.12 bits per heavy atom. The number of nitrogens with one attached hydrogen (secondary N) is 1. The van der Waals surface area contributed by atoms with Crippen molar-refractivity contribution in [2.24, 2.45) is 0 Å². The minimum atomic E-state index is -0.548. The third-order valence-corrected chi connectivity index (χ3v) is 3.70. The lowest BCUT2D eigenvalue weighted by Crippen LogP contribution is -2.36. The summed E-state index contributed by atoms with van der Waals surface area (Å²) in [6.07, 6.45) is 0.321. The van der Waals surface area contributed by atoms with E-state index >= 15 is 0 Å². The number of aryl methyl sites for hydroxylation is 1. The maximum Gasteiger partial charge on any atom is 0.261 e. The monoisotopic (exact) mass is 327 g/mol. The fourth-order valence-electron chi connectivity index (χ4n) is 2.40. The van der Waals surface area contributed by atoms with Gasteiger partial charge in [0.25, 0.3) is 5.91 Å². The van der Waals surface area contributed by atoms with E-state index in [0.29, 0.717) is 13.2 Å². The van der Waals surface area contributed by atoms with Gasteiger partial charge in [-0.3, -0.25) is 4.79 Å². The lowest BCUT2D eigenvalue weighted by atomic mass is 10.1. The van der Waals surface area contributed by atoms with Crippen LogP contribution in [0.25, 0.3) is 0 Å². The SMILES string of the molecule is CCOc1cccc(CNC(=O)C(C)Oc2ccccc2CC)c1. The molecule has 0 aromatic heterocycles. The van der Waals surface area contributed by atoms with Crippen LogP contribution in [0, 0.1) is 0 Å². The van der Waals surface area contributed by atoms with E-state index in [2.05, 4.69) is 12.2 Å². The first-order valence-corrected chi connectivity index (χ1v) is 8.38. The number of benzene rings is 2. The van der Waals surface area contributed by atoms with Crippen molar-refractivity contribution in [1.29, 1.82) is 0 Å². The number of rotatable bonds is 8. The van der Waals surface area contributed by atoms with E-state index in [1.165, 1.54) is 0 Å². The Kier molecular flexibility index (Phi) is 6.67. The largest absolute Gasteiger partial charge is 0.494 e. The molecule has 0 heterocycles. The summed E-state index contributed by atoms with van der Waals surface area (Å²) < 4.78 is 11.3. The number of carbonyl (C=O) groups excluding carboxylic acids is 1. The van der Waals surface area contributed by atoms with Gasteiger partial charge in [-0.2, -0.15) is 0 Å². The summed E-state index contributed by atoms with van der Waals surface area (Å²) in [4.78, 5) is 12.3. The number of ether oxygens (including phenoxy) is 2. The summed E-state index contributed by atoms with van der Waals surface area (Å²) in [5, 5.41) is 2.91. The summed E-state index contributed by atoms with van der Waals surface area (Å²) in [5.41, 5.74) is 2.09. The normalized spacial score (nSPS) is 11.6. The first kappa shape index (κ1) is 17.9. The number of carbonyl (C=O) groups is 1. The molecule has 0 aliphatic heterocycles. The van der Waals surface area contributed by atoms with Crippen molar-refractivity contribution >= 4 is 5.91 Å². The summed E-state index contributed by atoms with van der Waals surface area (Å²) >= 11 is 0. The molecule has 4 nitrogen and oxygen atoms in total. The molecule has 1 N–H and O–H groups in total. The maximum absolute atomic E-state index is 12.3. The molecule has 0 spiro atoms. The Morgan fingerprint density at radius 3 is 2.67 bits per heavy atom. The number of amides is 1. The molecular weight excluding hydrogens is 302 g/mol. The summed E-state index contributed by atoms with van der Waals surface area (Å²) in [5.74, 6) is 1.44. The molecule has 0 aliphatic carbocycles. The molecule has 2 aromatic carbocycles.